The summed E-state index contributed by atoms with van der Waals surface area (Å²) in [6, 6.07) is 5.59. The van der Waals surface area contributed by atoms with Gasteiger partial charge in [-0.2, -0.15) is 9.40 Å². The van der Waals surface area contributed by atoms with E-state index in [1.54, 1.807) is 10.4 Å². The van der Waals surface area contributed by atoms with Gasteiger partial charge >= 0.3 is 0 Å². The number of piperidine rings is 1. The quantitative estimate of drug-likeness (QED) is 0.666. The first kappa shape index (κ1) is 22.0. The fourth-order valence-electron chi connectivity index (χ4n) is 4.56. The van der Waals surface area contributed by atoms with Crippen molar-refractivity contribution >= 4 is 15.9 Å². The van der Waals surface area contributed by atoms with Crippen LogP contribution in [0.3, 0.4) is 0 Å². The van der Waals surface area contributed by atoms with Crippen LogP contribution in [-0.4, -0.2) is 48.0 Å². The van der Waals surface area contributed by atoms with E-state index in [0.717, 1.165) is 37.8 Å². The van der Waals surface area contributed by atoms with Crippen molar-refractivity contribution in [3.63, 3.8) is 0 Å². The molecule has 0 atom stereocenters. The number of amides is 1. The Bertz CT molecular complexity index is 1020. The fourth-order valence-corrected chi connectivity index (χ4v) is 6.08. The van der Waals surface area contributed by atoms with Gasteiger partial charge in [0.05, 0.1) is 11.1 Å². The molecule has 2 aliphatic rings. The Morgan fingerprint density at radius 1 is 1.16 bits per heavy atom. The summed E-state index contributed by atoms with van der Waals surface area (Å²) < 4.78 is 29.7. The molecule has 8 heteroatoms. The van der Waals surface area contributed by atoms with Gasteiger partial charge in [0, 0.05) is 38.3 Å². The topological polar surface area (TPSA) is 84.3 Å². The molecule has 4 rings (SSSR count). The van der Waals surface area contributed by atoms with Crippen LogP contribution in [0.4, 0.5) is 0 Å². The Balaban J connectivity index is 1.26. The van der Waals surface area contributed by atoms with E-state index in [1.165, 1.54) is 17.5 Å². The van der Waals surface area contributed by atoms with E-state index in [0.29, 0.717) is 37.4 Å². The van der Waals surface area contributed by atoms with Gasteiger partial charge in [-0.1, -0.05) is 6.07 Å². The number of aryl methyl sites for hydroxylation is 4. The molecule has 1 aliphatic carbocycles. The maximum atomic E-state index is 13.1. The molecule has 1 fully saturated rings. The fraction of sp³-hybridized carbons (Fsp3) is 0.565. The second-order valence-electron chi connectivity index (χ2n) is 8.74. The third kappa shape index (κ3) is 5.18. The molecule has 1 N–H and O–H groups in total. The van der Waals surface area contributed by atoms with Crippen molar-refractivity contribution in [2.75, 3.05) is 19.6 Å². The van der Waals surface area contributed by atoms with E-state index >= 15 is 0 Å². The van der Waals surface area contributed by atoms with Crippen LogP contribution in [0.1, 0.15) is 48.8 Å². The molecule has 2 heterocycles. The highest BCUT2D eigenvalue weighted by molar-refractivity contribution is 7.89. The van der Waals surface area contributed by atoms with E-state index in [1.807, 2.05) is 36.1 Å². The number of carbonyl (C=O) groups excluding carboxylic acids is 1. The zero-order valence-electron chi connectivity index (χ0n) is 18.2. The summed E-state index contributed by atoms with van der Waals surface area (Å²) in [5.74, 6) is -0.0931. The van der Waals surface area contributed by atoms with Crippen molar-refractivity contribution in [1.29, 1.82) is 0 Å². The van der Waals surface area contributed by atoms with Gasteiger partial charge in [0.25, 0.3) is 0 Å². The number of hydrogen-bond acceptors (Lipinski definition) is 4. The highest BCUT2D eigenvalue weighted by Crippen LogP contribution is 2.28. The highest BCUT2D eigenvalue weighted by Gasteiger charge is 2.32. The molecule has 2 aromatic rings. The Morgan fingerprint density at radius 3 is 2.61 bits per heavy atom. The molecule has 0 unspecified atom stereocenters. The SMILES string of the molecule is Cc1cnn(CCCNC(=O)C2CCN(S(=O)(=O)c3ccc4c(c3)CCCC4)CC2)c1. The third-order valence-corrected chi connectivity index (χ3v) is 8.30. The highest BCUT2D eigenvalue weighted by atomic mass is 32.2. The van der Waals surface area contributed by atoms with Crippen LogP contribution in [0.25, 0.3) is 0 Å². The monoisotopic (exact) mass is 444 g/mol. The second kappa shape index (κ2) is 9.53. The van der Waals surface area contributed by atoms with E-state index in [4.69, 9.17) is 0 Å². The molecule has 0 saturated carbocycles. The Hall–Kier alpha value is -2.19. The van der Waals surface area contributed by atoms with E-state index < -0.39 is 10.0 Å². The van der Waals surface area contributed by atoms with Crippen LogP contribution >= 0.6 is 0 Å². The summed E-state index contributed by atoms with van der Waals surface area (Å²) in [6.07, 6.45) is 10.1. The molecule has 1 amide bonds. The van der Waals surface area contributed by atoms with Crippen molar-refractivity contribution in [2.24, 2.45) is 5.92 Å². The van der Waals surface area contributed by atoms with Gasteiger partial charge in [-0.3, -0.25) is 9.48 Å². The first-order valence-electron chi connectivity index (χ1n) is 11.3. The second-order valence-corrected chi connectivity index (χ2v) is 10.7. The number of carbonyl (C=O) groups is 1. The molecule has 1 aromatic carbocycles. The molecule has 1 saturated heterocycles. The summed E-state index contributed by atoms with van der Waals surface area (Å²) in [5, 5.41) is 7.24. The van der Waals surface area contributed by atoms with E-state index in [2.05, 4.69) is 10.4 Å². The van der Waals surface area contributed by atoms with Crippen LogP contribution in [0.5, 0.6) is 0 Å². The Kier molecular flexibility index (Phi) is 6.77. The molecule has 1 aliphatic heterocycles. The smallest absolute Gasteiger partial charge is 0.243 e. The summed E-state index contributed by atoms with van der Waals surface area (Å²) in [4.78, 5) is 12.9. The average molecular weight is 445 g/mol. The lowest BCUT2D eigenvalue weighted by Gasteiger charge is -2.31. The van der Waals surface area contributed by atoms with Gasteiger partial charge in [-0.15, -0.1) is 0 Å². The third-order valence-electron chi connectivity index (χ3n) is 6.41. The van der Waals surface area contributed by atoms with Crippen LogP contribution < -0.4 is 5.32 Å². The predicted molar refractivity (Wildman–Crippen MR) is 119 cm³/mol. The molecule has 0 spiro atoms. The average Bonchev–Trinajstić information content (AvgIpc) is 3.21. The maximum Gasteiger partial charge on any atom is 0.243 e. The molecular weight excluding hydrogens is 412 g/mol. The van der Waals surface area contributed by atoms with Crippen LogP contribution in [0.15, 0.2) is 35.5 Å². The minimum Gasteiger partial charge on any atom is -0.356 e. The van der Waals surface area contributed by atoms with Gasteiger partial charge < -0.3 is 5.32 Å². The lowest BCUT2D eigenvalue weighted by atomic mass is 9.92. The largest absolute Gasteiger partial charge is 0.356 e. The van der Waals surface area contributed by atoms with Gasteiger partial charge in [-0.25, -0.2) is 8.42 Å². The molecular formula is C23H32N4O3S. The molecule has 168 valence electrons. The van der Waals surface area contributed by atoms with Crippen molar-refractivity contribution in [1.82, 2.24) is 19.4 Å². The van der Waals surface area contributed by atoms with Gasteiger partial charge in [0.15, 0.2) is 0 Å². The summed E-state index contributed by atoms with van der Waals surface area (Å²) in [5.41, 5.74) is 3.58. The lowest BCUT2D eigenvalue weighted by Crippen LogP contribution is -2.43. The van der Waals surface area contributed by atoms with Crippen LogP contribution in [0, 0.1) is 12.8 Å². The zero-order chi connectivity index (χ0) is 21.8. The number of nitrogens with zero attached hydrogens (tertiary/aromatic N) is 3. The predicted octanol–water partition coefficient (Wildman–Crippen LogP) is 2.68. The van der Waals surface area contributed by atoms with Gasteiger partial charge in [0.1, 0.15) is 0 Å². The number of benzene rings is 1. The normalized spacial score (nSPS) is 18.0. The molecule has 0 bridgehead atoms. The van der Waals surface area contributed by atoms with Gasteiger partial charge in [-0.05, 0) is 80.7 Å². The van der Waals surface area contributed by atoms with Crippen LogP contribution in [-0.2, 0) is 34.2 Å². The molecule has 0 radical (unpaired) electrons. The number of sulfonamides is 1. The zero-order valence-corrected chi connectivity index (χ0v) is 19.0. The summed E-state index contributed by atoms with van der Waals surface area (Å²) >= 11 is 0. The minimum atomic E-state index is -3.50. The summed E-state index contributed by atoms with van der Waals surface area (Å²) in [7, 11) is -3.50. The van der Waals surface area contributed by atoms with Gasteiger partial charge in [0.2, 0.25) is 15.9 Å². The lowest BCUT2D eigenvalue weighted by molar-refractivity contribution is -0.126. The van der Waals surface area contributed by atoms with Crippen molar-refractivity contribution in [2.45, 2.75) is 63.3 Å². The number of rotatable bonds is 7. The number of nitrogens with one attached hydrogen (secondary N) is 1. The maximum absolute atomic E-state index is 13.1. The molecule has 7 nitrogen and oxygen atoms in total. The summed E-state index contributed by atoms with van der Waals surface area (Å²) in [6.45, 7) is 4.16. The Labute approximate surface area is 184 Å². The molecule has 31 heavy (non-hydrogen) atoms. The first-order chi connectivity index (χ1) is 14.9. The minimum absolute atomic E-state index is 0.0301. The first-order valence-corrected chi connectivity index (χ1v) is 12.8. The number of hydrogen-bond donors (Lipinski definition) is 1. The number of fused-ring (bicyclic) bond motifs is 1. The van der Waals surface area contributed by atoms with E-state index in [9.17, 15) is 13.2 Å². The van der Waals surface area contributed by atoms with Crippen molar-refractivity contribution in [3.8, 4) is 0 Å². The van der Waals surface area contributed by atoms with E-state index in [-0.39, 0.29) is 11.8 Å². The van der Waals surface area contributed by atoms with Crippen molar-refractivity contribution in [3.05, 3.63) is 47.3 Å². The van der Waals surface area contributed by atoms with Crippen LogP contribution in [0.2, 0.25) is 0 Å². The standard InChI is InChI=1S/C23H32N4O3S/c1-18-16-25-26(17-18)12-4-11-24-23(28)20-9-13-27(14-10-20)31(29,30)22-8-7-19-5-2-3-6-21(19)15-22/h7-8,15-17,20H,2-6,9-14H2,1H3,(H,24,28). The number of aromatic nitrogens is 2. The Morgan fingerprint density at radius 2 is 1.90 bits per heavy atom. The molecule has 1 aromatic heterocycles. The van der Waals surface area contributed by atoms with Crippen molar-refractivity contribution < 1.29 is 13.2 Å².